The van der Waals surface area contributed by atoms with Crippen LogP contribution >= 0.6 is 22.6 Å². The maximum absolute atomic E-state index is 11.2. The summed E-state index contributed by atoms with van der Waals surface area (Å²) >= 11 is 1.93. The molecular formula is C10H6INO2. The van der Waals surface area contributed by atoms with E-state index in [0.29, 0.717) is 26.5 Å². The summed E-state index contributed by atoms with van der Waals surface area (Å²) in [5, 5.41) is 8.68. The monoisotopic (exact) mass is 299 g/mol. The number of rotatable bonds is 2. The maximum Gasteiger partial charge on any atom is 0.160 e. The fraction of sp³-hybridized carbons (Fsp3) is 0.100. The van der Waals surface area contributed by atoms with E-state index in [0.717, 1.165) is 0 Å². The van der Waals surface area contributed by atoms with E-state index in [2.05, 4.69) is 0 Å². The Morgan fingerprint density at radius 2 is 2.21 bits per heavy atom. The van der Waals surface area contributed by atoms with Crippen LogP contribution in [0.4, 0.5) is 0 Å². The van der Waals surface area contributed by atoms with Crippen molar-refractivity contribution in [3.63, 3.8) is 0 Å². The molecule has 0 aliphatic heterocycles. The largest absolute Gasteiger partial charge is 0.298 e. The van der Waals surface area contributed by atoms with Crippen LogP contribution < -0.4 is 0 Å². The molecule has 0 unspecified atom stereocenters. The second-order valence-electron chi connectivity index (χ2n) is 2.71. The van der Waals surface area contributed by atoms with Gasteiger partial charge in [0.15, 0.2) is 12.1 Å². The van der Waals surface area contributed by atoms with Gasteiger partial charge in [-0.25, -0.2) is 0 Å². The van der Waals surface area contributed by atoms with Gasteiger partial charge in [-0.05, 0) is 41.6 Å². The summed E-state index contributed by atoms with van der Waals surface area (Å²) in [5.74, 6) is -0.144. The molecule has 0 bridgehead atoms. The molecule has 0 saturated carbocycles. The van der Waals surface area contributed by atoms with Crippen LogP contribution in [0, 0.1) is 14.9 Å². The Morgan fingerprint density at radius 1 is 1.57 bits per heavy atom. The van der Waals surface area contributed by atoms with Crippen LogP contribution in [-0.4, -0.2) is 12.1 Å². The number of hydrogen-bond donors (Lipinski definition) is 0. The Balaban J connectivity index is 3.51. The molecule has 3 nitrogen and oxygen atoms in total. The van der Waals surface area contributed by atoms with Crippen molar-refractivity contribution in [2.24, 2.45) is 0 Å². The molecule has 0 aliphatic carbocycles. The maximum atomic E-state index is 11.2. The molecule has 0 saturated heterocycles. The highest BCUT2D eigenvalue weighted by Gasteiger charge is 2.11. The average Bonchev–Trinajstić information content (AvgIpc) is 2.17. The summed E-state index contributed by atoms with van der Waals surface area (Å²) in [6.45, 7) is 1.41. The second kappa shape index (κ2) is 4.33. The van der Waals surface area contributed by atoms with Crippen LogP contribution in [0.25, 0.3) is 0 Å². The number of ketones is 1. The van der Waals surface area contributed by atoms with Crippen LogP contribution in [0.3, 0.4) is 0 Å². The van der Waals surface area contributed by atoms with Crippen LogP contribution in [0.1, 0.15) is 33.2 Å². The Bertz CT molecular complexity index is 446. The van der Waals surface area contributed by atoms with E-state index in [1.165, 1.54) is 19.1 Å². The third-order valence-electron chi connectivity index (χ3n) is 1.74. The summed E-state index contributed by atoms with van der Waals surface area (Å²) in [7, 11) is 0. The number of carbonyl (C=O) groups is 2. The number of nitrogens with zero attached hydrogens (tertiary/aromatic N) is 1. The molecule has 0 N–H and O–H groups in total. The van der Waals surface area contributed by atoms with Crippen molar-refractivity contribution in [1.29, 1.82) is 5.26 Å². The lowest BCUT2D eigenvalue weighted by Crippen LogP contribution is -2.01. The predicted octanol–water partition coefficient (Wildman–Crippen LogP) is 2.18. The van der Waals surface area contributed by atoms with Gasteiger partial charge in [0.05, 0.1) is 11.6 Å². The second-order valence-corrected chi connectivity index (χ2v) is 3.79. The first-order valence-electron chi connectivity index (χ1n) is 3.80. The Morgan fingerprint density at radius 3 is 2.64 bits per heavy atom. The fourth-order valence-corrected chi connectivity index (χ4v) is 1.87. The van der Waals surface area contributed by atoms with E-state index in [9.17, 15) is 9.59 Å². The molecule has 0 aliphatic rings. The minimum Gasteiger partial charge on any atom is -0.298 e. The first-order valence-corrected chi connectivity index (χ1v) is 4.87. The zero-order chi connectivity index (χ0) is 10.7. The van der Waals surface area contributed by atoms with Crippen LogP contribution in [0.15, 0.2) is 12.1 Å². The first-order chi connectivity index (χ1) is 6.60. The Hall–Kier alpha value is -1.22. The van der Waals surface area contributed by atoms with Crippen molar-refractivity contribution in [2.45, 2.75) is 6.92 Å². The van der Waals surface area contributed by atoms with Gasteiger partial charge in [-0.15, -0.1) is 0 Å². The molecule has 0 radical (unpaired) electrons. The van der Waals surface area contributed by atoms with E-state index >= 15 is 0 Å². The summed E-state index contributed by atoms with van der Waals surface area (Å²) in [6.07, 6.45) is 0.648. The van der Waals surface area contributed by atoms with Crippen molar-refractivity contribution >= 4 is 34.7 Å². The number of nitriles is 1. The van der Waals surface area contributed by atoms with E-state index in [1.807, 2.05) is 28.7 Å². The van der Waals surface area contributed by atoms with Gasteiger partial charge < -0.3 is 0 Å². The summed E-state index contributed by atoms with van der Waals surface area (Å²) in [6, 6.07) is 4.88. The number of carbonyl (C=O) groups excluding carboxylic acids is 2. The molecule has 14 heavy (non-hydrogen) atoms. The van der Waals surface area contributed by atoms with Crippen LogP contribution in [0.2, 0.25) is 0 Å². The van der Waals surface area contributed by atoms with Crippen molar-refractivity contribution in [1.82, 2.24) is 0 Å². The molecule has 1 aromatic carbocycles. The summed E-state index contributed by atoms with van der Waals surface area (Å²) in [4.78, 5) is 21.8. The Labute approximate surface area is 94.9 Å². The first kappa shape index (κ1) is 10.9. The van der Waals surface area contributed by atoms with Crippen molar-refractivity contribution in [3.8, 4) is 6.07 Å². The SMILES string of the molecule is CC(=O)c1cc(C#N)cc(C=O)c1I. The molecule has 4 heteroatoms. The molecule has 0 aromatic heterocycles. The standard InChI is InChI=1S/C10H6INO2/c1-6(14)9-3-7(4-12)2-8(5-13)10(9)11/h2-3,5H,1H3. The average molecular weight is 299 g/mol. The zero-order valence-corrected chi connectivity index (χ0v) is 9.53. The van der Waals surface area contributed by atoms with Crippen LogP contribution in [-0.2, 0) is 0 Å². The van der Waals surface area contributed by atoms with Gasteiger partial charge in [-0.3, -0.25) is 9.59 Å². The van der Waals surface area contributed by atoms with Crippen molar-refractivity contribution < 1.29 is 9.59 Å². The summed E-state index contributed by atoms with van der Waals surface area (Å²) in [5.41, 5.74) is 1.14. The molecule has 0 fully saturated rings. The molecule has 0 amide bonds. The van der Waals surface area contributed by atoms with Crippen molar-refractivity contribution in [2.75, 3.05) is 0 Å². The van der Waals surface area contributed by atoms with Gasteiger partial charge in [-0.1, -0.05) is 0 Å². The lowest BCUT2D eigenvalue weighted by molar-refractivity contribution is 0.101. The number of aldehydes is 1. The summed E-state index contributed by atoms with van der Waals surface area (Å²) < 4.78 is 0.601. The highest BCUT2D eigenvalue weighted by Crippen LogP contribution is 2.19. The molecule has 70 valence electrons. The number of benzene rings is 1. The van der Waals surface area contributed by atoms with E-state index in [1.54, 1.807) is 0 Å². The number of hydrogen-bond acceptors (Lipinski definition) is 3. The van der Waals surface area contributed by atoms with E-state index in [4.69, 9.17) is 5.26 Å². The number of Topliss-reactive ketones (excluding diaryl/α,β-unsaturated/α-hetero) is 1. The highest BCUT2D eigenvalue weighted by molar-refractivity contribution is 14.1. The minimum absolute atomic E-state index is 0.144. The van der Waals surface area contributed by atoms with Gasteiger partial charge in [0.25, 0.3) is 0 Å². The van der Waals surface area contributed by atoms with Gasteiger partial charge in [0.2, 0.25) is 0 Å². The quantitative estimate of drug-likeness (QED) is 0.478. The van der Waals surface area contributed by atoms with Gasteiger partial charge >= 0.3 is 0 Å². The normalized spacial score (nSPS) is 9.21. The topological polar surface area (TPSA) is 57.9 Å². The third-order valence-corrected chi connectivity index (χ3v) is 2.94. The fourth-order valence-electron chi connectivity index (χ4n) is 1.05. The molecule has 0 atom stereocenters. The highest BCUT2D eigenvalue weighted by atomic mass is 127. The lowest BCUT2D eigenvalue weighted by Gasteiger charge is -2.03. The molecular weight excluding hydrogens is 293 g/mol. The van der Waals surface area contributed by atoms with Gasteiger partial charge in [0, 0.05) is 14.7 Å². The van der Waals surface area contributed by atoms with Gasteiger partial charge in [-0.2, -0.15) is 5.26 Å². The van der Waals surface area contributed by atoms with Gasteiger partial charge in [0.1, 0.15) is 0 Å². The van der Waals surface area contributed by atoms with Crippen molar-refractivity contribution in [3.05, 3.63) is 32.4 Å². The smallest absolute Gasteiger partial charge is 0.160 e. The van der Waals surface area contributed by atoms with E-state index < -0.39 is 0 Å². The molecule has 1 rings (SSSR count). The molecule has 1 aromatic rings. The molecule has 0 spiro atoms. The van der Waals surface area contributed by atoms with Crippen LogP contribution in [0.5, 0.6) is 0 Å². The van der Waals surface area contributed by atoms with E-state index in [-0.39, 0.29) is 5.78 Å². The third kappa shape index (κ3) is 1.99. The molecule has 0 heterocycles. The Kier molecular flexibility index (Phi) is 3.36. The predicted molar refractivity (Wildman–Crippen MR) is 59.3 cm³/mol. The minimum atomic E-state index is -0.144. The lowest BCUT2D eigenvalue weighted by atomic mass is 10.0. The number of halogens is 1. The zero-order valence-electron chi connectivity index (χ0n) is 7.37.